The Balaban J connectivity index is 2.06. The largest absolute Gasteiger partial charge is 0.490 e. The van der Waals surface area contributed by atoms with E-state index in [1.165, 1.54) is 6.26 Å². The van der Waals surface area contributed by atoms with Gasteiger partial charge in [-0.2, -0.15) is 0 Å². The van der Waals surface area contributed by atoms with Gasteiger partial charge in [0.25, 0.3) is 0 Å². The third-order valence-corrected chi connectivity index (χ3v) is 6.14. The van der Waals surface area contributed by atoms with Crippen LogP contribution in [0.1, 0.15) is 31.2 Å². The molecule has 2 rings (SSSR count). The molecule has 0 saturated heterocycles. The first-order valence-corrected chi connectivity index (χ1v) is 9.49. The molecule has 0 spiro atoms. The average Bonchev–Trinajstić information content (AvgIpc) is 2.40. The molecule has 6 heteroatoms. The number of nitrogens with two attached hydrogens (primary N) is 1. The molecule has 4 nitrogen and oxygen atoms in total. The Kier molecular flexibility index (Phi) is 5.09. The van der Waals surface area contributed by atoms with Crippen molar-refractivity contribution in [3.05, 3.63) is 28.2 Å². The Morgan fingerprint density at radius 2 is 2.15 bits per heavy atom. The lowest BCUT2D eigenvalue weighted by Gasteiger charge is -2.28. The maximum absolute atomic E-state index is 11.7. The van der Waals surface area contributed by atoms with Crippen LogP contribution in [0.3, 0.4) is 0 Å². The van der Waals surface area contributed by atoms with E-state index < -0.39 is 9.84 Å². The second-order valence-corrected chi connectivity index (χ2v) is 8.50. The van der Waals surface area contributed by atoms with Gasteiger partial charge >= 0.3 is 0 Å². The molecule has 0 amide bonds. The summed E-state index contributed by atoms with van der Waals surface area (Å²) in [4.78, 5) is 0. The van der Waals surface area contributed by atoms with E-state index in [-0.39, 0.29) is 11.4 Å². The maximum atomic E-state index is 11.7. The highest BCUT2D eigenvalue weighted by molar-refractivity contribution is 9.10. The molecule has 2 atom stereocenters. The average molecular weight is 362 g/mol. The molecular weight excluding hydrogens is 342 g/mol. The Bertz CT molecular complexity index is 574. The van der Waals surface area contributed by atoms with E-state index in [4.69, 9.17) is 10.5 Å². The van der Waals surface area contributed by atoms with Crippen molar-refractivity contribution < 1.29 is 13.2 Å². The molecule has 112 valence electrons. The van der Waals surface area contributed by atoms with Gasteiger partial charge in [-0.15, -0.1) is 0 Å². The predicted molar refractivity (Wildman–Crippen MR) is 83.5 cm³/mol. The van der Waals surface area contributed by atoms with Crippen molar-refractivity contribution in [3.63, 3.8) is 0 Å². The predicted octanol–water partition coefficient (Wildman–Crippen LogP) is 2.64. The van der Waals surface area contributed by atoms with Gasteiger partial charge in [-0.3, -0.25) is 0 Å². The highest BCUT2D eigenvalue weighted by Gasteiger charge is 2.29. The first-order valence-electron chi connectivity index (χ1n) is 6.74. The van der Waals surface area contributed by atoms with Crippen molar-refractivity contribution in [3.8, 4) is 5.75 Å². The second-order valence-electron chi connectivity index (χ2n) is 5.32. The van der Waals surface area contributed by atoms with Crippen LogP contribution < -0.4 is 10.5 Å². The third kappa shape index (κ3) is 3.96. The van der Waals surface area contributed by atoms with Crippen LogP contribution in [0, 0.1) is 0 Å². The molecule has 1 fully saturated rings. The third-order valence-electron chi connectivity index (χ3n) is 3.72. The summed E-state index contributed by atoms with van der Waals surface area (Å²) in [5, 5.41) is -0.273. The van der Waals surface area contributed by atoms with Gasteiger partial charge in [-0.1, -0.05) is 15.9 Å². The summed E-state index contributed by atoms with van der Waals surface area (Å²) in [6, 6.07) is 5.70. The van der Waals surface area contributed by atoms with Crippen LogP contribution in [0.4, 0.5) is 0 Å². The standard InChI is InChI=1S/C14H20BrNO3S/c1-20(17,18)13-4-2-3-11(8-13)19-12-5-6-14(15)10(7-12)9-16/h5-7,11,13H,2-4,8-9,16H2,1H3. The zero-order valence-electron chi connectivity index (χ0n) is 11.5. The summed E-state index contributed by atoms with van der Waals surface area (Å²) in [5.41, 5.74) is 6.65. The minimum Gasteiger partial charge on any atom is -0.490 e. The van der Waals surface area contributed by atoms with E-state index in [1.54, 1.807) is 0 Å². The number of benzene rings is 1. The first-order chi connectivity index (χ1) is 9.40. The van der Waals surface area contributed by atoms with Crippen LogP contribution in [0.2, 0.25) is 0 Å². The topological polar surface area (TPSA) is 69.4 Å². The van der Waals surface area contributed by atoms with Gasteiger partial charge < -0.3 is 10.5 Å². The minimum absolute atomic E-state index is 0.0322. The number of sulfone groups is 1. The van der Waals surface area contributed by atoms with Crippen molar-refractivity contribution >= 4 is 25.8 Å². The molecule has 0 aromatic heterocycles. The van der Waals surface area contributed by atoms with Crippen LogP contribution in [0.15, 0.2) is 22.7 Å². The summed E-state index contributed by atoms with van der Waals surface area (Å²) in [6.45, 7) is 0.439. The zero-order chi connectivity index (χ0) is 14.8. The molecule has 2 N–H and O–H groups in total. The summed E-state index contributed by atoms with van der Waals surface area (Å²) in [7, 11) is -2.98. The molecule has 0 radical (unpaired) electrons. The highest BCUT2D eigenvalue weighted by Crippen LogP contribution is 2.29. The molecular formula is C14H20BrNO3S. The maximum Gasteiger partial charge on any atom is 0.150 e. The van der Waals surface area contributed by atoms with E-state index in [2.05, 4.69) is 15.9 Å². The minimum atomic E-state index is -2.98. The molecule has 1 saturated carbocycles. The Morgan fingerprint density at radius 1 is 1.40 bits per heavy atom. The molecule has 20 heavy (non-hydrogen) atoms. The summed E-state index contributed by atoms with van der Waals surface area (Å²) >= 11 is 3.44. The molecule has 0 bridgehead atoms. The Morgan fingerprint density at radius 3 is 2.80 bits per heavy atom. The lowest BCUT2D eigenvalue weighted by molar-refractivity contribution is 0.156. The van der Waals surface area contributed by atoms with Crippen LogP contribution >= 0.6 is 15.9 Å². The molecule has 0 aliphatic heterocycles. The zero-order valence-corrected chi connectivity index (χ0v) is 13.9. The molecule has 2 unspecified atom stereocenters. The SMILES string of the molecule is CS(=O)(=O)C1CCCC(Oc2ccc(Br)c(CN)c2)C1. The summed E-state index contributed by atoms with van der Waals surface area (Å²) in [6.07, 6.45) is 4.39. The van der Waals surface area contributed by atoms with Crippen molar-refractivity contribution in [2.45, 2.75) is 43.6 Å². The fourth-order valence-corrected chi connectivity index (χ4v) is 4.14. The summed E-state index contributed by atoms with van der Waals surface area (Å²) < 4.78 is 30.2. The number of ether oxygens (including phenoxy) is 1. The van der Waals surface area contributed by atoms with Gasteiger partial charge in [-0.25, -0.2) is 8.42 Å². The van der Waals surface area contributed by atoms with Crippen molar-refractivity contribution in [2.75, 3.05) is 6.26 Å². The lowest BCUT2D eigenvalue weighted by atomic mass is 9.97. The van der Waals surface area contributed by atoms with Crippen LogP contribution in [-0.4, -0.2) is 26.0 Å². The first kappa shape index (κ1) is 15.8. The number of hydrogen-bond donors (Lipinski definition) is 1. The van der Waals surface area contributed by atoms with Crippen molar-refractivity contribution in [2.24, 2.45) is 5.73 Å². The number of hydrogen-bond acceptors (Lipinski definition) is 4. The monoisotopic (exact) mass is 361 g/mol. The molecule has 1 aromatic carbocycles. The van der Waals surface area contributed by atoms with Crippen LogP contribution in [0.5, 0.6) is 5.75 Å². The van der Waals surface area contributed by atoms with E-state index >= 15 is 0 Å². The smallest absolute Gasteiger partial charge is 0.150 e. The molecule has 1 aliphatic rings. The van der Waals surface area contributed by atoms with Crippen LogP contribution in [-0.2, 0) is 16.4 Å². The van der Waals surface area contributed by atoms with E-state index in [1.807, 2.05) is 18.2 Å². The van der Waals surface area contributed by atoms with Gasteiger partial charge in [0.05, 0.1) is 11.4 Å². The van der Waals surface area contributed by atoms with Gasteiger partial charge in [0, 0.05) is 23.7 Å². The van der Waals surface area contributed by atoms with Gasteiger partial charge in [0.2, 0.25) is 0 Å². The molecule has 0 heterocycles. The second kappa shape index (κ2) is 6.45. The van der Waals surface area contributed by atoms with Gasteiger partial charge in [-0.05, 0) is 43.0 Å². The van der Waals surface area contributed by atoms with Crippen LogP contribution in [0.25, 0.3) is 0 Å². The van der Waals surface area contributed by atoms with E-state index in [0.29, 0.717) is 13.0 Å². The highest BCUT2D eigenvalue weighted by atomic mass is 79.9. The van der Waals surface area contributed by atoms with E-state index in [0.717, 1.165) is 35.0 Å². The molecule has 1 aromatic rings. The summed E-state index contributed by atoms with van der Waals surface area (Å²) in [5.74, 6) is 0.757. The number of halogens is 1. The number of rotatable bonds is 4. The fraction of sp³-hybridized carbons (Fsp3) is 0.571. The lowest BCUT2D eigenvalue weighted by Crippen LogP contribution is -2.33. The fourth-order valence-electron chi connectivity index (χ4n) is 2.57. The van der Waals surface area contributed by atoms with Crippen molar-refractivity contribution in [1.82, 2.24) is 0 Å². The Labute approximate surface area is 128 Å². The Hall–Kier alpha value is -0.590. The normalized spacial score (nSPS) is 23.6. The van der Waals surface area contributed by atoms with Gasteiger partial charge in [0.1, 0.15) is 15.6 Å². The van der Waals surface area contributed by atoms with Crippen molar-refractivity contribution in [1.29, 1.82) is 0 Å². The van der Waals surface area contributed by atoms with E-state index in [9.17, 15) is 8.42 Å². The molecule has 1 aliphatic carbocycles. The van der Waals surface area contributed by atoms with Gasteiger partial charge in [0.15, 0.2) is 0 Å². The quantitative estimate of drug-likeness (QED) is 0.894.